The summed E-state index contributed by atoms with van der Waals surface area (Å²) in [6, 6.07) is 9.60. The van der Waals surface area contributed by atoms with Gasteiger partial charge in [-0.15, -0.1) is 0 Å². The Morgan fingerprint density at radius 1 is 0.783 bits per heavy atom. The van der Waals surface area contributed by atoms with Gasteiger partial charge in [0.05, 0.1) is 5.52 Å². The first-order valence-corrected chi connectivity index (χ1v) is 7.04. The third kappa shape index (κ3) is 2.46. The number of anilines is 1. The van der Waals surface area contributed by atoms with E-state index in [-0.39, 0.29) is 0 Å². The lowest BCUT2D eigenvalue weighted by atomic mass is 10.1. The molecule has 1 aromatic carbocycles. The van der Waals surface area contributed by atoms with Crippen molar-refractivity contribution < 1.29 is 0 Å². The Bertz CT molecular complexity index is 970. The summed E-state index contributed by atoms with van der Waals surface area (Å²) in [4.78, 5) is 21.1. The predicted molar refractivity (Wildman–Crippen MR) is 88.2 cm³/mol. The molecule has 110 valence electrons. The Balaban J connectivity index is 1.86. The van der Waals surface area contributed by atoms with Crippen molar-refractivity contribution in [3.63, 3.8) is 0 Å². The molecule has 4 aromatic rings. The summed E-state index contributed by atoms with van der Waals surface area (Å²) in [5, 5.41) is 0.805. The van der Waals surface area contributed by atoms with Crippen LogP contribution >= 0.6 is 0 Å². The first kappa shape index (κ1) is 13.3. The van der Waals surface area contributed by atoms with Crippen molar-refractivity contribution in [2.75, 3.05) is 5.73 Å². The highest BCUT2D eigenvalue weighted by Gasteiger charge is 2.09. The average molecular weight is 300 g/mol. The van der Waals surface area contributed by atoms with E-state index in [1.165, 1.54) is 6.33 Å². The van der Waals surface area contributed by atoms with Crippen molar-refractivity contribution in [1.29, 1.82) is 0 Å². The maximum atomic E-state index is 6.14. The Hall–Kier alpha value is -3.41. The Morgan fingerprint density at radius 2 is 1.61 bits per heavy atom. The summed E-state index contributed by atoms with van der Waals surface area (Å²) in [6.07, 6.45) is 8.45. The van der Waals surface area contributed by atoms with Gasteiger partial charge in [-0.2, -0.15) is 0 Å². The minimum Gasteiger partial charge on any atom is -0.383 e. The number of benzene rings is 1. The van der Waals surface area contributed by atoms with Crippen molar-refractivity contribution in [2.24, 2.45) is 0 Å². The van der Waals surface area contributed by atoms with E-state index in [4.69, 9.17) is 5.73 Å². The molecule has 0 unspecified atom stereocenters. The molecule has 6 heteroatoms. The third-order valence-corrected chi connectivity index (χ3v) is 3.54. The number of hydrogen-bond donors (Lipinski definition) is 1. The molecule has 6 nitrogen and oxygen atoms in total. The lowest BCUT2D eigenvalue weighted by Gasteiger charge is -2.07. The highest BCUT2D eigenvalue weighted by molar-refractivity contribution is 5.92. The number of nitrogen functional groups attached to an aromatic ring is 1. The molecule has 0 spiro atoms. The van der Waals surface area contributed by atoms with E-state index in [1.807, 2.05) is 30.3 Å². The Kier molecular flexibility index (Phi) is 3.12. The van der Waals surface area contributed by atoms with E-state index >= 15 is 0 Å². The molecular formula is C17H12N6. The number of rotatable bonds is 2. The quantitative estimate of drug-likeness (QED) is 0.612. The minimum atomic E-state index is 0.438. The fraction of sp³-hybridized carbons (Fsp3) is 0. The summed E-state index contributed by atoms with van der Waals surface area (Å²) < 4.78 is 0. The summed E-state index contributed by atoms with van der Waals surface area (Å²) in [5.41, 5.74) is 9.66. The van der Waals surface area contributed by atoms with Crippen LogP contribution in [-0.2, 0) is 0 Å². The molecule has 4 rings (SSSR count). The third-order valence-electron chi connectivity index (χ3n) is 3.54. The van der Waals surface area contributed by atoms with Crippen molar-refractivity contribution >= 4 is 16.7 Å². The van der Waals surface area contributed by atoms with Crippen LogP contribution in [0.5, 0.6) is 0 Å². The maximum Gasteiger partial charge on any atom is 0.163 e. The van der Waals surface area contributed by atoms with Crippen LogP contribution < -0.4 is 5.73 Å². The number of hydrogen-bond acceptors (Lipinski definition) is 6. The van der Waals surface area contributed by atoms with Crippen LogP contribution in [0.1, 0.15) is 0 Å². The summed E-state index contributed by atoms with van der Waals surface area (Å²) >= 11 is 0. The van der Waals surface area contributed by atoms with Gasteiger partial charge in [0.25, 0.3) is 0 Å². The molecule has 3 heterocycles. The second kappa shape index (κ2) is 5.42. The van der Waals surface area contributed by atoms with E-state index in [9.17, 15) is 0 Å². The number of nitrogens with zero attached hydrogens (tertiary/aromatic N) is 5. The number of nitrogens with two attached hydrogens (primary N) is 1. The maximum absolute atomic E-state index is 6.14. The molecule has 2 N–H and O–H groups in total. The van der Waals surface area contributed by atoms with Crippen LogP contribution in [0, 0.1) is 0 Å². The smallest absolute Gasteiger partial charge is 0.163 e. The lowest BCUT2D eigenvalue weighted by Crippen LogP contribution is -1.98. The number of pyridine rings is 1. The molecule has 0 bridgehead atoms. The molecule has 0 aliphatic rings. The van der Waals surface area contributed by atoms with E-state index in [0.29, 0.717) is 11.6 Å². The lowest BCUT2D eigenvalue weighted by molar-refractivity contribution is 1.17. The molecule has 0 saturated heterocycles. The average Bonchev–Trinajstić information content (AvgIpc) is 2.63. The number of aromatic nitrogens is 5. The molecule has 0 saturated carbocycles. The first-order chi connectivity index (χ1) is 11.3. The van der Waals surface area contributed by atoms with Gasteiger partial charge in [0.15, 0.2) is 5.82 Å². The first-order valence-electron chi connectivity index (χ1n) is 7.04. The fourth-order valence-corrected chi connectivity index (χ4v) is 2.40. The standard InChI is InChI=1S/C17H12N6/c18-16-14-6-11(13-8-20-10-21-9-13)3-4-15(14)22-17(23-16)12-2-1-5-19-7-12/h1-10H,(H2,18,22,23). The van der Waals surface area contributed by atoms with E-state index < -0.39 is 0 Å². The van der Waals surface area contributed by atoms with Crippen molar-refractivity contribution in [2.45, 2.75) is 0 Å². The zero-order valence-electron chi connectivity index (χ0n) is 12.1. The van der Waals surface area contributed by atoms with Crippen LogP contribution in [0.25, 0.3) is 33.4 Å². The SMILES string of the molecule is Nc1nc(-c2cccnc2)nc2ccc(-c3cncnc3)cc12. The van der Waals surface area contributed by atoms with Gasteiger partial charge in [-0.05, 0) is 29.8 Å². The van der Waals surface area contributed by atoms with E-state index in [2.05, 4.69) is 24.9 Å². The van der Waals surface area contributed by atoms with E-state index in [1.54, 1.807) is 24.8 Å². The van der Waals surface area contributed by atoms with Crippen LogP contribution in [0.15, 0.2) is 61.4 Å². The highest BCUT2D eigenvalue weighted by atomic mass is 14.9. The van der Waals surface area contributed by atoms with Crippen LogP contribution in [-0.4, -0.2) is 24.9 Å². The van der Waals surface area contributed by atoms with Gasteiger partial charge in [-0.1, -0.05) is 6.07 Å². The second-order valence-corrected chi connectivity index (χ2v) is 5.03. The van der Waals surface area contributed by atoms with Crippen LogP contribution in [0.2, 0.25) is 0 Å². The van der Waals surface area contributed by atoms with Crippen molar-refractivity contribution in [1.82, 2.24) is 24.9 Å². The van der Waals surface area contributed by atoms with Crippen LogP contribution in [0.3, 0.4) is 0 Å². The zero-order valence-corrected chi connectivity index (χ0v) is 12.1. The molecule has 0 aliphatic carbocycles. The molecule has 0 radical (unpaired) electrons. The summed E-state index contributed by atoms with van der Waals surface area (Å²) in [7, 11) is 0. The van der Waals surface area contributed by atoms with Gasteiger partial charge in [0.2, 0.25) is 0 Å². The van der Waals surface area contributed by atoms with Gasteiger partial charge >= 0.3 is 0 Å². The van der Waals surface area contributed by atoms with Gasteiger partial charge in [-0.25, -0.2) is 19.9 Å². The van der Waals surface area contributed by atoms with Gasteiger partial charge in [0, 0.05) is 41.3 Å². The summed E-state index contributed by atoms with van der Waals surface area (Å²) in [5.74, 6) is 1.01. The monoisotopic (exact) mass is 300 g/mol. The fourth-order valence-electron chi connectivity index (χ4n) is 2.40. The molecule has 23 heavy (non-hydrogen) atoms. The molecule has 0 aliphatic heterocycles. The molecule has 0 amide bonds. The molecule has 3 aromatic heterocycles. The second-order valence-electron chi connectivity index (χ2n) is 5.03. The zero-order chi connectivity index (χ0) is 15.6. The van der Waals surface area contributed by atoms with Gasteiger partial charge in [0.1, 0.15) is 12.1 Å². The minimum absolute atomic E-state index is 0.438. The highest BCUT2D eigenvalue weighted by Crippen LogP contribution is 2.27. The summed E-state index contributed by atoms with van der Waals surface area (Å²) in [6.45, 7) is 0. The normalized spacial score (nSPS) is 10.8. The largest absolute Gasteiger partial charge is 0.383 e. The molecule has 0 fully saturated rings. The molecular weight excluding hydrogens is 288 g/mol. The van der Waals surface area contributed by atoms with Crippen molar-refractivity contribution in [3.8, 4) is 22.5 Å². The van der Waals surface area contributed by atoms with E-state index in [0.717, 1.165) is 27.6 Å². The molecule has 0 atom stereocenters. The van der Waals surface area contributed by atoms with Gasteiger partial charge in [-0.3, -0.25) is 4.98 Å². The van der Waals surface area contributed by atoms with Gasteiger partial charge < -0.3 is 5.73 Å². The number of fused-ring (bicyclic) bond motifs is 1. The Morgan fingerprint density at radius 3 is 2.39 bits per heavy atom. The van der Waals surface area contributed by atoms with Crippen LogP contribution in [0.4, 0.5) is 5.82 Å². The Labute approximate surface area is 132 Å². The topological polar surface area (TPSA) is 90.5 Å². The van der Waals surface area contributed by atoms with Crippen molar-refractivity contribution in [3.05, 3.63) is 61.4 Å². The predicted octanol–water partition coefficient (Wildman–Crippen LogP) is 2.73.